The first-order valence-corrected chi connectivity index (χ1v) is 11.9. The summed E-state index contributed by atoms with van der Waals surface area (Å²) in [5, 5.41) is 33.3. The number of rotatable bonds is 13. The molecule has 202 valence electrons. The van der Waals surface area contributed by atoms with E-state index in [0.29, 0.717) is 24.5 Å². The Morgan fingerprint density at radius 2 is 1.87 bits per heavy atom. The number of benzene rings is 2. The van der Waals surface area contributed by atoms with Crippen molar-refractivity contribution in [3.8, 4) is 5.75 Å². The summed E-state index contributed by atoms with van der Waals surface area (Å²) in [7, 11) is 1.43. The SMILES string of the molecule is C=CC(=O)OCCN(CCC)c1cc(NC(C)=O)c(N=Nc2c(Br)cc([N+](=O)[O-])cc2[N+](=O)[O-])cc1OC. The van der Waals surface area contributed by atoms with Gasteiger partial charge < -0.3 is 19.7 Å². The van der Waals surface area contributed by atoms with Crippen LogP contribution in [0.4, 0.5) is 34.1 Å². The Morgan fingerprint density at radius 3 is 2.42 bits per heavy atom. The zero-order valence-corrected chi connectivity index (χ0v) is 22.4. The monoisotopic (exact) mass is 592 g/mol. The van der Waals surface area contributed by atoms with Crippen LogP contribution >= 0.6 is 15.9 Å². The molecule has 0 saturated heterocycles. The van der Waals surface area contributed by atoms with Gasteiger partial charge in [-0.05, 0) is 28.4 Å². The first-order chi connectivity index (χ1) is 18.0. The molecule has 0 heterocycles. The van der Waals surface area contributed by atoms with Crippen LogP contribution in [-0.4, -0.2) is 48.5 Å². The number of hydrogen-bond acceptors (Lipinski definition) is 11. The minimum absolute atomic E-state index is 0.0185. The summed E-state index contributed by atoms with van der Waals surface area (Å²) >= 11 is 3.08. The number of esters is 1. The van der Waals surface area contributed by atoms with E-state index in [1.807, 2.05) is 11.8 Å². The van der Waals surface area contributed by atoms with Crippen molar-refractivity contribution < 1.29 is 28.9 Å². The van der Waals surface area contributed by atoms with Gasteiger partial charge in [-0.25, -0.2) is 4.79 Å². The van der Waals surface area contributed by atoms with Crippen LogP contribution in [0.15, 0.2) is 51.6 Å². The van der Waals surface area contributed by atoms with Crippen molar-refractivity contribution in [1.29, 1.82) is 0 Å². The second-order valence-electron chi connectivity index (χ2n) is 7.59. The van der Waals surface area contributed by atoms with Crippen LogP contribution in [0.1, 0.15) is 20.3 Å². The largest absolute Gasteiger partial charge is 0.494 e. The highest BCUT2D eigenvalue weighted by molar-refractivity contribution is 9.10. The molecule has 0 atom stereocenters. The summed E-state index contributed by atoms with van der Waals surface area (Å²) in [5.41, 5.74) is -0.495. The molecule has 14 nitrogen and oxygen atoms in total. The number of amides is 1. The number of halogens is 1. The Balaban J connectivity index is 2.59. The molecule has 38 heavy (non-hydrogen) atoms. The number of ether oxygens (including phenoxy) is 2. The van der Waals surface area contributed by atoms with Crippen LogP contribution in [0.2, 0.25) is 0 Å². The normalized spacial score (nSPS) is 10.6. The molecule has 2 rings (SSSR count). The fourth-order valence-electron chi connectivity index (χ4n) is 3.30. The summed E-state index contributed by atoms with van der Waals surface area (Å²) in [6.07, 6.45) is 1.81. The number of nitrogens with one attached hydrogen (secondary N) is 1. The highest BCUT2D eigenvalue weighted by Gasteiger charge is 2.24. The predicted molar refractivity (Wildman–Crippen MR) is 143 cm³/mol. The second-order valence-corrected chi connectivity index (χ2v) is 8.44. The third-order valence-electron chi connectivity index (χ3n) is 4.91. The Labute approximate surface area is 225 Å². The quantitative estimate of drug-likeness (QED) is 0.102. The van der Waals surface area contributed by atoms with Gasteiger partial charge in [0.05, 0.1) is 45.4 Å². The van der Waals surface area contributed by atoms with Crippen molar-refractivity contribution in [2.24, 2.45) is 10.2 Å². The van der Waals surface area contributed by atoms with E-state index in [0.717, 1.165) is 24.6 Å². The zero-order chi connectivity index (χ0) is 28.4. The molecule has 0 aromatic heterocycles. The summed E-state index contributed by atoms with van der Waals surface area (Å²) in [5.74, 6) is -0.634. The van der Waals surface area contributed by atoms with Gasteiger partial charge >= 0.3 is 11.7 Å². The van der Waals surface area contributed by atoms with Gasteiger partial charge in [-0.1, -0.05) is 13.5 Å². The number of nitro benzene ring substituents is 2. The van der Waals surface area contributed by atoms with Crippen LogP contribution < -0.4 is 15.0 Å². The molecule has 0 unspecified atom stereocenters. The van der Waals surface area contributed by atoms with Crippen molar-refractivity contribution in [1.82, 2.24) is 0 Å². The molecule has 15 heteroatoms. The van der Waals surface area contributed by atoms with Crippen LogP contribution in [0.5, 0.6) is 5.75 Å². The summed E-state index contributed by atoms with van der Waals surface area (Å²) in [6.45, 7) is 7.56. The summed E-state index contributed by atoms with van der Waals surface area (Å²) in [4.78, 5) is 46.3. The lowest BCUT2D eigenvalue weighted by Crippen LogP contribution is -2.29. The molecule has 0 fully saturated rings. The number of methoxy groups -OCH3 is 1. The number of nitro groups is 2. The predicted octanol–water partition coefficient (Wildman–Crippen LogP) is 5.59. The lowest BCUT2D eigenvalue weighted by atomic mass is 10.2. The maximum Gasteiger partial charge on any atom is 0.330 e. The number of anilines is 2. The number of hydrogen-bond donors (Lipinski definition) is 1. The minimum atomic E-state index is -0.813. The standard InChI is InChI=1S/C23H25BrN6O8/c1-5-7-28(8-9-38-22(32)6-2)19-12-17(25-14(3)31)18(13-21(19)37-4)26-27-23-16(24)10-15(29(33)34)11-20(23)30(35)36/h6,10-13H,2,5,7-9H2,1,3-4H3,(H,25,31). The number of carbonyl (C=O) groups is 2. The molecule has 0 bridgehead atoms. The number of nitrogens with zero attached hydrogens (tertiary/aromatic N) is 5. The van der Waals surface area contributed by atoms with Crippen LogP contribution in [0.25, 0.3) is 0 Å². The average Bonchev–Trinajstić information content (AvgIpc) is 2.86. The van der Waals surface area contributed by atoms with Gasteiger partial charge in [-0.3, -0.25) is 25.0 Å². The first kappa shape index (κ1) is 29.8. The van der Waals surface area contributed by atoms with E-state index in [4.69, 9.17) is 9.47 Å². The molecular weight excluding hydrogens is 568 g/mol. The van der Waals surface area contributed by atoms with E-state index in [1.165, 1.54) is 20.1 Å². The second kappa shape index (κ2) is 13.8. The van der Waals surface area contributed by atoms with Crippen LogP contribution in [0, 0.1) is 20.2 Å². The molecule has 1 amide bonds. The van der Waals surface area contributed by atoms with Crippen molar-refractivity contribution in [2.45, 2.75) is 20.3 Å². The summed E-state index contributed by atoms with van der Waals surface area (Å²) in [6, 6.07) is 4.92. The van der Waals surface area contributed by atoms with Gasteiger partial charge in [0.1, 0.15) is 18.0 Å². The Hall–Kier alpha value is -4.40. The number of carbonyl (C=O) groups excluding carboxylic acids is 2. The topological polar surface area (TPSA) is 179 Å². The van der Waals surface area contributed by atoms with Crippen LogP contribution in [-0.2, 0) is 14.3 Å². The third kappa shape index (κ3) is 7.80. The average molecular weight is 593 g/mol. The van der Waals surface area contributed by atoms with Gasteiger partial charge in [-0.2, -0.15) is 0 Å². The Kier molecular flexibility index (Phi) is 10.8. The zero-order valence-electron chi connectivity index (χ0n) is 20.8. The van der Waals surface area contributed by atoms with Gasteiger partial charge in [0.25, 0.3) is 5.69 Å². The van der Waals surface area contributed by atoms with Crippen LogP contribution in [0.3, 0.4) is 0 Å². The molecule has 0 saturated carbocycles. The Bertz CT molecular complexity index is 1280. The van der Waals surface area contributed by atoms with Crippen molar-refractivity contribution in [3.05, 3.63) is 61.6 Å². The molecule has 0 radical (unpaired) electrons. The lowest BCUT2D eigenvalue weighted by molar-refractivity contribution is -0.393. The van der Waals surface area contributed by atoms with E-state index in [1.54, 1.807) is 6.07 Å². The molecule has 0 aliphatic rings. The van der Waals surface area contributed by atoms with Crippen molar-refractivity contribution in [2.75, 3.05) is 37.0 Å². The molecule has 0 spiro atoms. The number of non-ortho nitro benzene ring substituents is 1. The molecule has 2 aromatic carbocycles. The first-order valence-electron chi connectivity index (χ1n) is 11.1. The number of azo groups is 1. The van der Waals surface area contributed by atoms with E-state index >= 15 is 0 Å². The highest BCUT2D eigenvalue weighted by Crippen LogP contribution is 2.43. The molecule has 0 aliphatic heterocycles. The molecular formula is C23H25BrN6O8. The smallest absolute Gasteiger partial charge is 0.330 e. The summed E-state index contributed by atoms with van der Waals surface area (Å²) < 4.78 is 10.6. The fraction of sp³-hybridized carbons (Fsp3) is 0.304. The molecule has 1 N–H and O–H groups in total. The minimum Gasteiger partial charge on any atom is -0.494 e. The van der Waals surface area contributed by atoms with E-state index in [2.05, 4.69) is 38.1 Å². The van der Waals surface area contributed by atoms with Crippen molar-refractivity contribution in [3.63, 3.8) is 0 Å². The van der Waals surface area contributed by atoms with Gasteiger partial charge in [0.2, 0.25) is 5.91 Å². The maximum absolute atomic E-state index is 11.9. The Morgan fingerprint density at radius 1 is 1.16 bits per heavy atom. The fourth-order valence-corrected chi connectivity index (χ4v) is 3.81. The van der Waals surface area contributed by atoms with Crippen molar-refractivity contribution >= 4 is 61.9 Å². The van der Waals surface area contributed by atoms with Gasteiger partial charge in [0.15, 0.2) is 5.69 Å². The van der Waals surface area contributed by atoms with E-state index in [-0.39, 0.29) is 28.1 Å². The molecule has 2 aromatic rings. The van der Waals surface area contributed by atoms with E-state index < -0.39 is 33.1 Å². The third-order valence-corrected chi connectivity index (χ3v) is 5.51. The highest BCUT2D eigenvalue weighted by atomic mass is 79.9. The van der Waals surface area contributed by atoms with E-state index in [9.17, 15) is 29.8 Å². The molecule has 0 aliphatic carbocycles. The van der Waals surface area contributed by atoms with Gasteiger partial charge in [-0.15, -0.1) is 10.2 Å². The lowest BCUT2D eigenvalue weighted by Gasteiger charge is -2.27. The maximum atomic E-state index is 11.9. The van der Waals surface area contributed by atoms with Gasteiger partial charge in [0, 0.05) is 31.7 Å².